The molecule has 0 amide bonds. The number of thiazole rings is 1. The van der Waals surface area contributed by atoms with Crippen LogP contribution < -0.4 is 10.2 Å². The minimum absolute atomic E-state index is 0.328. The molecule has 1 fully saturated rings. The Hall–Kier alpha value is -0.300. The molecule has 20 heavy (non-hydrogen) atoms. The summed E-state index contributed by atoms with van der Waals surface area (Å²) in [6.07, 6.45) is 0. The van der Waals surface area contributed by atoms with Crippen LogP contribution in [-0.2, 0) is 11.3 Å². The first-order chi connectivity index (χ1) is 9.52. The third-order valence-electron chi connectivity index (χ3n) is 3.35. The van der Waals surface area contributed by atoms with E-state index in [4.69, 9.17) is 9.72 Å². The molecule has 4 nitrogen and oxygen atoms in total. The molecule has 0 atom stereocenters. The molecule has 0 saturated carbocycles. The third-order valence-corrected chi connectivity index (χ3v) is 5.86. The van der Waals surface area contributed by atoms with Crippen LogP contribution in [0.3, 0.4) is 0 Å². The van der Waals surface area contributed by atoms with Crippen molar-refractivity contribution >= 4 is 28.2 Å². The molecule has 0 aromatic carbocycles. The Bertz CT molecular complexity index is 434. The quantitative estimate of drug-likeness (QED) is 0.817. The monoisotopic (exact) mass is 315 g/mol. The fourth-order valence-electron chi connectivity index (χ4n) is 2.27. The van der Waals surface area contributed by atoms with Crippen molar-refractivity contribution in [1.29, 1.82) is 0 Å². The number of hydrogen-bond donors (Lipinski definition) is 1. The summed E-state index contributed by atoms with van der Waals surface area (Å²) in [7, 11) is 1.73. The van der Waals surface area contributed by atoms with Gasteiger partial charge in [-0.1, -0.05) is 0 Å². The van der Waals surface area contributed by atoms with Gasteiger partial charge in [-0.2, -0.15) is 11.8 Å². The highest BCUT2D eigenvalue weighted by atomic mass is 32.2. The van der Waals surface area contributed by atoms with Gasteiger partial charge in [-0.25, -0.2) is 4.98 Å². The lowest BCUT2D eigenvalue weighted by Gasteiger charge is -2.37. The Kier molecular flexibility index (Phi) is 5.72. The molecule has 1 aliphatic heterocycles. The fraction of sp³-hybridized carbons (Fsp3) is 0.786. The summed E-state index contributed by atoms with van der Waals surface area (Å²) in [6, 6.07) is 0. The molecule has 0 aliphatic carbocycles. The Labute approximate surface area is 130 Å². The molecule has 0 spiro atoms. The SMILES string of the molecule is COCCNCc1sc(N2CCSC(C)(C)C2)nc1C. The largest absolute Gasteiger partial charge is 0.383 e. The molecule has 1 saturated heterocycles. The van der Waals surface area contributed by atoms with Gasteiger partial charge in [0.2, 0.25) is 0 Å². The fourth-order valence-corrected chi connectivity index (χ4v) is 4.43. The average Bonchev–Trinajstić information content (AvgIpc) is 2.75. The van der Waals surface area contributed by atoms with Crippen LogP contribution in [0.4, 0.5) is 5.13 Å². The van der Waals surface area contributed by atoms with Gasteiger partial charge >= 0.3 is 0 Å². The number of rotatable bonds is 6. The van der Waals surface area contributed by atoms with Crippen LogP contribution >= 0.6 is 23.1 Å². The summed E-state index contributed by atoms with van der Waals surface area (Å²) >= 11 is 3.89. The van der Waals surface area contributed by atoms with E-state index in [1.165, 1.54) is 15.8 Å². The summed E-state index contributed by atoms with van der Waals surface area (Å²) in [5.41, 5.74) is 1.16. The molecular weight excluding hydrogens is 290 g/mol. The molecule has 114 valence electrons. The Balaban J connectivity index is 1.96. The van der Waals surface area contributed by atoms with Crippen molar-refractivity contribution in [1.82, 2.24) is 10.3 Å². The maximum Gasteiger partial charge on any atom is 0.185 e. The second-order valence-electron chi connectivity index (χ2n) is 5.70. The van der Waals surface area contributed by atoms with Crippen LogP contribution in [-0.4, -0.2) is 48.8 Å². The number of aromatic nitrogens is 1. The first-order valence-corrected chi connectivity index (χ1v) is 8.87. The van der Waals surface area contributed by atoms with Gasteiger partial charge in [-0.05, 0) is 20.8 Å². The van der Waals surface area contributed by atoms with Crippen LogP contribution in [0.5, 0.6) is 0 Å². The molecule has 2 heterocycles. The van der Waals surface area contributed by atoms with Crippen LogP contribution in [0.1, 0.15) is 24.4 Å². The topological polar surface area (TPSA) is 37.4 Å². The van der Waals surface area contributed by atoms with E-state index < -0.39 is 0 Å². The molecule has 6 heteroatoms. The molecule has 0 unspecified atom stereocenters. The van der Waals surface area contributed by atoms with Gasteiger partial charge in [0.1, 0.15) is 0 Å². The number of nitrogens with zero attached hydrogens (tertiary/aromatic N) is 2. The van der Waals surface area contributed by atoms with E-state index in [9.17, 15) is 0 Å². The summed E-state index contributed by atoms with van der Waals surface area (Å²) in [5, 5.41) is 4.58. The highest BCUT2D eigenvalue weighted by Crippen LogP contribution is 2.34. The summed E-state index contributed by atoms with van der Waals surface area (Å²) in [5.74, 6) is 1.19. The molecule has 1 N–H and O–H groups in total. The van der Waals surface area contributed by atoms with Crippen molar-refractivity contribution in [3.63, 3.8) is 0 Å². The van der Waals surface area contributed by atoms with Gasteiger partial charge < -0.3 is 15.0 Å². The number of nitrogens with one attached hydrogen (secondary N) is 1. The van der Waals surface area contributed by atoms with Crippen LogP contribution in [0.25, 0.3) is 0 Å². The average molecular weight is 316 g/mol. The van der Waals surface area contributed by atoms with Crippen LogP contribution in [0.15, 0.2) is 0 Å². The Morgan fingerprint density at radius 2 is 2.25 bits per heavy atom. The molecule has 1 aromatic heterocycles. The van der Waals surface area contributed by atoms with Crippen molar-refractivity contribution < 1.29 is 4.74 Å². The molecule has 1 aliphatic rings. The van der Waals surface area contributed by atoms with Crippen molar-refractivity contribution in [2.24, 2.45) is 0 Å². The standard InChI is InChI=1S/C14H25N3OS2/c1-11-12(9-15-5-7-18-4)20-13(16-11)17-6-8-19-14(2,3)10-17/h15H,5-10H2,1-4H3. The first-order valence-electron chi connectivity index (χ1n) is 7.07. The maximum absolute atomic E-state index is 5.05. The highest BCUT2D eigenvalue weighted by Gasteiger charge is 2.28. The van der Waals surface area contributed by atoms with E-state index in [0.29, 0.717) is 4.75 Å². The maximum atomic E-state index is 5.05. The van der Waals surface area contributed by atoms with Gasteiger partial charge in [-0.15, -0.1) is 11.3 Å². The van der Waals surface area contributed by atoms with Gasteiger partial charge in [0.05, 0.1) is 12.3 Å². The summed E-state index contributed by atoms with van der Waals surface area (Å²) in [6.45, 7) is 11.5. The number of thioether (sulfide) groups is 1. The van der Waals surface area contributed by atoms with Gasteiger partial charge in [0, 0.05) is 48.7 Å². The molecule has 1 aromatic rings. The zero-order valence-corrected chi connectivity index (χ0v) is 14.5. The van der Waals surface area contributed by atoms with Gasteiger partial charge in [0.25, 0.3) is 0 Å². The van der Waals surface area contributed by atoms with Crippen molar-refractivity contribution in [2.45, 2.75) is 32.1 Å². The highest BCUT2D eigenvalue weighted by molar-refractivity contribution is 8.00. The number of ether oxygens (including phenoxy) is 1. The molecular formula is C14H25N3OS2. The number of anilines is 1. The van der Waals surface area contributed by atoms with E-state index in [0.717, 1.165) is 38.5 Å². The predicted octanol–water partition coefficient (Wildman–Crippen LogP) is 2.52. The minimum Gasteiger partial charge on any atom is -0.383 e. The number of methoxy groups -OCH3 is 1. The van der Waals surface area contributed by atoms with Crippen molar-refractivity contribution in [3.05, 3.63) is 10.6 Å². The van der Waals surface area contributed by atoms with E-state index in [-0.39, 0.29) is 0 Å². The smallest absolute Gasteiger partial charge is 0.185 e. The predicted molar refractivity (Wildman–Crippen MR) is 89.2 cm³/mol. The van der Waals surface area contributed by atoms with E-state index in [1.807, 2.05) is 11.3 Å². The van der Waals surface area contributed by atoms with Crippen molar-refractivity contribution in [3.8, 4) is 0 Å². The van der Waals surface area contributed by atoms with Crippen molar-refractivity contribution in [2.75, 3.05) is 44.0 Å². The van der Waals surface area contributed by atoms with Crippen LogP contribution in [0.2, 0.25) is 0 Å². The number of aryl methyl sites for hydroxylation is 1. The van der Waals surface area contributed by atoms with Gasteiger partial charge in [-0.3, -0.25) is 0 Å². The van der Waals surface area contributed by atoms with E-state index in [1.54, 1.807) is 7.11 Å². The van der Waals surface area contributed by atoms with Gasteiger partial charge in [0.15, 0.2) is 5.13 Å². The molecule has 2 rings (SSSR count). The lowest BCUT2D eigenvalue weighted by molar-refractivity contribution is 0.199. The van der Waals surface area contributed by atoms with Crippen LogP contribution in [0, 0.1) is 6.92 Å². The molecule has 0 radical (unpaired) electrons. The minimum atomic E-state index is 0.328. The Morgan fingerprint density at radius 1 is 1.45 bits per heavy atom. The Morgan fingerprint density at radius 3 is 2.95 bits per heavy atom. The first kappa shape index (κ1) is 16.1. The van der Waals surface area contributed by atoms with E-state index in [2.05, 4.69) is 42.7 Å². The third kappa shape index (κ3) is 4.35. The second-order valence-corrected chi connectivity index (χ2v) is 8.57. The summed E-state index contributed by atoms with van der Waals surface area (Å²) in [4.78, 5) is 8.54. The lowest BCUT2D eigenvalue weighted by atomic mass is 10.2. The zero-order chi connectivity index (χ0) is 14.6. The normalized spacial score (nSPS) is 18.5. The zero-order valence-electron chi connectivity index (χ0n) is 12.9. The lowest BCUT2D eigenvalue weighted by Crippen LogP contribution is -2.43. The summed E-state index contributed by atoms with van der Waals surface area (Å²) < 4.78 is 5.38. The second kappa shape index (κ2) is 7.11. The van der Waals surface area contributed by atoms with E-state index >= 15 is 0 Å². The molecule has 0 bridgehead atoms. The number of hydrogen-bond acceptors (Lipinski definition) is 6.